The van der Waals surface area contributed by atoms with E-state index in [1.807, 2.05) is 35.2 Å². The summed E-state index contributed by atoms with van der Waals surface area (Å²) in [6, 6.07) is 5.82. The van der Waals surface area contributed by atoms with Crippen molar-refractivity contribution < 1.29 is 4.79 Å². The molecule has 0 aliphatic carbocycles. The van der Waals surface area contributed by atoms with Gasteiger partial charge in [0, 0.05) is 43.3 Å². The van der Waals surface area contributed by atoms with Crippen molar-refractivity contribution in [2.75, 3.05) is 12.3 Å². The van der Waals surface area contributed by atoms with E-state index in [0.29, 0.717) is 18.2 Å². The molecule has 0 radical (unpaired) electrons. The zero-order valence-electron chi connectivity index (χ0n) is 16.7. The number of aryl methyl sites for hydroxylation is 3. The first-order chi connectivity index (χ1) is 14.1. The zero-order valence-corrected chi connectivity index (χ0v) is 17.5. The highest BCUT2D eigenvalue weighted by atomic mass is 32.2. The van der Waals surface area contributed by atoms with Crippen molar-refractivity contribution in [1.29, 1.82) is 0 Å². The second-order valence-electron chi connectivity index (χ2n) is 6.58. The lowest BCUT2D eigenvalue weighted by atomic mass is 10.2. The second-order valence-corrected chi connectivity index (χ2v) is 7.53. The molecule has 0 saturated carbocycles. The Morgan fingerprint density at radius 1 is 1.28 bits per heavy atom. The Bertz CT molecular complexity index is 965. The molecule has 0 aromatic carbocycles. The van der Waals surface area contributed by atoms with E-state index < -0.39 is 0 Å². The quantitative estimate of drug-likeness (QED) is 0.313. The monoisotopic (exact) mass is 411 g/mol. The molecular formula is C20H25N7OS. The Hall–Kier alpha value is -2.94. The molecule has 152 valence electrons. The van der Waals surface area contributed by atoms with E-state index >= 15 is 0 Å². The highest BCUT2D eigenvalue weighted by Gasteiger charge is 2.14. The van der Waals surface area contributed by atoms with Crippen LogP contribution in [0.3, 0.4) is 0 Å². The summed E-state index contributed by atoms with van der Waals surface area (Å²) in [6.07, 6.45) is 6.05. The van der Waals surface area contributed by atoms with Gasteiger partial charge >= 0.3 is 0 Å². The van der Waals surface area contributed by atoms with Crippen LogP contribution >= 0.6 is 11.8 Å². The molecule has 9 heteroatoms. The van der Waals surface area contributed by atoms with Crippen molar-refractivity contribution in [3.63, 3.8) is 0 Å². The van der Waals surface area contributed by atoms with E-state index in [2.05, 4.69) is 38.2 Å². The number of nitrogens with one attached hydrogen (secondary N) is 1. The van der Waals surface area contributed by atoms with Gasteiger partial charge in [0.05, 0.1) is 11.4 Å². The van der Waals surface area contributed by atoms with Crippen LogP contribution in [0.2, 0.25) is 0 Å². The van der Waals surface area contributed by atoms with Crippen LogP contribution in [0.25, 0.3) is 11.4 Å². The normalized spacial score (nSPS) is 10.8. The molecule has 3 aromatic heterocycles. The summed E-state index contributed by atoms with van der Waals surface area (Å²) >= 11 is 1.37. The molecule has 3 heterocycles. The Morgan fingerprint density at radius 3 is 2.76 bits per heavy atom. The van der Waals surface area contributed by atoms with E-state index in [1.54, 1.807) is 18.5 Å². The highest BCUT2D eigenvalue weighted by Crippen LogP contribution is 2.23. The minimum atomic E-state index is -0.0259. The minimum absolute atomic E-state index is 0.0259. The smallest absolute Gasteiger partial charge is 0.230 e. The molecule has 0 saturated heterocycles. The first-order valence-electron chi connectivity index (χ1n) is 9.43. The van der Waals surface area contributed by atoms with Crippen LogP contribution in [0, 0.1) is 13.8 Å². The van der Waals surface area contributed by atoms with Crippen LogP contribution in [0.4, 0.5) is 0 Å². The molecule has 1 N–H and O–H groups in total. The summed E-state index contributed by atoms with van der Waals surface area (Å²) in [5.41, 5.74) is 3.07. The molecule has 0 unspecified atom stereocenters. The first-order valence-corrected chi connectivity index (χ1v) is 10.4. The van der Waals surface area contributed by atoms with Gasteiger partial charge in [-0.05, 0) is 38.5 Å². The van der Waals surface area contributed by atoms with Gasteiger partial charge in [0.15, 0.2) is 11.0 Å². The molecule has 29 heavy (non-hydrogen) atoms. The lowest BCUT2D eigenvalue weighted by Crippen LogP contribution is -2.27. The average molecular weight is 412 g/mol. The van der Waals surface area contributed by atoms with Gasteiger partial charge in [-0.2, -0.15) is 5.10 Å². The number of allylic oxidation sites excluding steroid dienone is 1. The van der Waals surface area contributed by atoms with Crippen LogP contribution in [-0.2, 0) is 17.9 Å². The van der Waals surface area contributed by atoms with Crippen LogP contribution in [0.15, 0.2) is 48.4 Å². The molecule has 0 aliphatic heterocycles. The predicted molar refractivity (Wildman–Crippen MR) is 114 cm³/mol. The van der Waals surface area contributed by atoms with Gasteiger partial charge in [-0.1, -0.05) is 17.8 Å². The Balaban J connectivity index is 1.50. The third-order valence-electron chi connectivity index (χ3n) is 4.27. The SMILES string of the molecule is C=CCn1c(SCC(=O)NCCCn2nc(C)cc2C)nnc1-c1ccncc1. The third kappa shape index (κ3) is 5.54. The number of rotatable bonds is 10. The van der Waals surface area contributed by atoms with Gasteiger partial charge in [-0.3, -0.25) is 19.0 Å². The summed E-state index contributed by atoms with van der Waals surface area (Å²) in [7, 11) is 0. The number of hydrogen-bond donors (Lipinski definition) is 1. The lowest BCUT2D eigenvalue weighted by molar-refractivity contribution is -0.118. The number of aromatic nitrogens is 6. The van der Waals surface area contributed by atoms with Gasteiger partial charge in [0.1, 0.15) is 0 Å². The van der Waals surface area contributed by atoms with Crippen molar-refractivity contribution in [3.05, 3.63) is 54.6 Å². The Labute approximate surface area is 174 Å². The molecule has 3 rings (SSSR count). The molecule has 0 bridgehead atoms. The summed E-state index contributed by atoms with van der Waals surface area (Å²) in [4.78, 5) is 16.2. The standard InChI is InChI=1S/C20H25N7OS/c1-4-11-26-19(17-6-9-21-10-7-17)23-24-20(26)29-14-18(28)22-8-5-12-27-16(3)13-15(2)25-27/h4,6-7,9-10,13H,1,5,8,11-12,14H2,2-3H3,(H,22,28). The molecular weight excluding hydrogens is 386 g/mol. The third-order valence-corrected chi connectivity index (χ3v) is 5.24. The number of nitrogens with zero attached hydrogens (tertiary/aromatic N) is 6. The zero-order chi connectivity index (χ0) is 20.6. The number of carbonyl (C=O) groups excluding carboxylic acids is 1. The van der Waals surface area contributed by atoms with Crippen molar-refractivity contribution in [3.8, 4) is 11.4 Å². The van der Waals surface area contributed by atoms with E-state index in [1.165, 1.54) is 11.8 Å². The lowest BCUT2D eigenvalue weighted by Gasteiger charge is -2.08. The topological polar surface area (TPSA) is 90.5 Å². The summed E-state index contributed by atoms with van der Waals surface area (Å²) < 4.78 is 3.91. The van der Waals surface area contributed by atoms with Crippen molar-refractivity contribution in [1.82, 2.24) is 34.8 Å². The summed E-state index contributed by atoms with van der Waals surface area (Å²) in [5.74, 6) is 0.994. The van der Waals surface area contributed by atoms with Crippen molar-refractivity contribution >= 4 is 17.7 Å². The average Bonchev–Trinajstić information content (AvgIpc) is 3.26. The fourth-order valence-corrected chi connectivity index (χ4v) is 3.72. The Morgan fingerprint density at radius 2 is 2.07 bits per heavy atom. The summed E-state index contributed by atoms with van der Waals surface area (Å²) in [6.45, 7) is 9.79. The number of thioether (sulfide) groups is 1. The van der Waals surface area contributed by atoms with E-state index in [4.69, 9.17) is 0 Å². The molecule has 0 atom stereocenters. The highest BCUT2D eigenvalue weighted by molar-refractivity contribution is 7.99. The molecule has 0 fully saturated rings. The van der Waals surface area contributed by atoms with E-state index in [0.717, 1.165) is 35.7 Å². The van der Waals surface area contributed by atoms with Gasteiger partial charge in [0.25, 0.3) is 0 Å². The van der Waals surface area contributed by atoms with Crippen LogP contribution in [0.5, 0.6) is 0 Å². The maximum atomic E-state index is 12.2. The van der Waals surface area contributed by atoms with Crippen LogP contribution in [0.1, 0.15) is 17.8 Å². The van der Waals surface area contributed by atoms with Gasteiger partial charge in [-0.15, -0.1) is 16.8 Å². The predicted octanol–water partition coefficient (Wildman–Crippen LogP) is 2.64. The second kappa shape index (κ2) is 10.0. The Kier molecular flexibility index (Phi) is 7.18. The number of carbonyl (C=O) groups is 1. The minimum Gasteiger partial charge on any atom is -0.355 e. The van der Waals surface area contributed by atoms with Crippen LogP contribution in [-0.4, -0.2) is 47.7 Å². The van der Waals surface area contributed by atoms with E-state index in [-0.39, 0.29) is 11.7 Å². The molecule has 3 aromatic rings. The van der Waals surface area contributed by atoms with Gasteiger partial charge in [-0.25, -0.2) is 0 Å². The van der Waals surface area contributed by atoms with Crippen molar-refractivity contribution in [2.45, 2.75) is 38.5 Å². The van der Waals surface area contributed by atoms with Crippen LogP contribution < -0.4 is 5.32 Å². The molecule has 0 aliphatic rings. The maximum Gasteiger partial charge on any atom is 0.230 e. The molecule has 8 nitrogen and oxygen atoms in total. The number of hydrogen-bond acceptors (Lipinski definition) is 6. The number of amides is 1. The van der Waals surface area contributed by atoms with Crippen molar-refractivity contribution in [2.24, 2.45) is 0 Å². The first kappa shape index (κ1) is 20.8. The van der Waals surface area contributed by atoms with E-state index in [9.17, 15) is 4.79 Å². The fraction of sp³-hybridized carbons (Fsp3) is 0.350. The van der Waals surface area contributed by atoms with Gasteiger partial charge in [0.2, 0.25) is 5.91 Å². The fourth-order valence-electron chi connectivity index (χ4n) is 2.94. The van der Waals surface area contributed by atoms with Gasteiger partial charge < -0.3 is 5.32 Å². The number of pyridine rings is 1. The molecule has 1 amide bonds. The molecule has 0 spiro atoms. The maximum absolute atomic E-state index is 12.2. The largest absolute Gasteiger partial charge is 0.355 e. The summed E-state index contributed by atoms with van der Waals surface area (Å²) in [5, 5.41) is 16.6.